The van der Waals surface area contributed by atoms with Gasteiger partial charge in [-0.2, -0.15) is 0 Å². The van der Waals surface area contributed by atoms with Gasteiger partial charge in [0.05, 0.1) is 24.9 Å². The number of nitrogens with zero attached hydrogens (tertiary/aromatic N) is 1. The van der Waals surface area contributed by atoms with Crippen molar-refractivity contribution in [3.8, 4) is 11.5 Å². The Morgan fingerprint density at radius 2 is 1.92 bits per heavy atom. The van der Waals surface area contributed by atoms with Crippen LogP contribution in [0.5, 0.6) is 11.5 Å². The van der Waals surface area contributed by atoms with Crippen LogP contribution in [0.2, 0.25) is 5.02 Å². The van der Waals surface area contributed by atoms with Crippen LogP contribution in [0.15, 0.2) is 40.9 Å². The molecular weight excluding hydrogens is 372 g/mol. The van der Waals surface area contributed by atoms with E-state index in [4.69, 9.17) is 21.1 Å². The van der Waals surface area contributed by atoms with Crippen molar-refractivity contribution in [2.24, 2.45) is 0 Å². The number of pyridine rings is 1. The molecule has 126 valence electrons. The third-order valence-corrected chi connectivity index (χ3v) is 6.53. The number of thiophene rings is 1. The van der Waals surface area contributed by atoms with Gasteiger partial charge in [-0.15, -0.1) is 11.3 Å². The quantitative estimate of drug-likeness (QED) is 0.724. The van der Waals surface area contributed by atoms with E-state index >= 15 is 0 Å². The molecule has 0 unspecified atom stereocenters. The lowest BCUT2D eigenvalue weighted by Gasteiger charge is -2.13. The van der Waals surface area contributed by atoms with Gasteiger partial charge in [0.25, 0.3) is 10.0 Å². The van der Waals surface area contributed by atoms with Crippen molar-refractivity contribution in [3.05, 3.63) is 41.7 Å². The van der Waals surface area contributed by atoms with Crippen LogP contribution in [-0.4, -0.2) is 27.6 Å². The topological polar surface area (TPSA) is 77.5 Å². The highest BCUT2D eigenvalue weighted by molar-refractivity contribution is 7.94. The summed E-state index contributed by atoms with van der Waals surface area (Å²) in [7, 11) is -0.903. The first kappa shape index (κ1) is 16.8. The van der Waals surface area contributed by atoms with E-state index in [2.05, 4.69) is 9.71 Å². The SMILES string of the molecule is COc1cc(NS(=O)(=O)c2cc3cnccc3s2)c(OC)cc1Cl. The third kappa shape index (κ3) is 3.12. The Morgan fingerprint density at radius 1 is 1.17 bits per heavy atom. The molecule has 0 bridgehead atoms. The van der Waals surface area contributed by atoms with Gasteiger partial charge in [0, 0.05) is 34.6 Å². The van der Waals surface area contributed by atoms with Crippen LogP contribution in [0.4, 0.5) is 5.69 Å². The van der Waals surface area contributed by atoms with Crippen LogP contribution in [0.3, 0.4) is 0 Å². The normalized spacial score (nSPS) is 11.5. The highest BCUT2D eigenvalue weighted by atomic mass is 35.5. The number of halogens is 1. The number of benzene rings is 1. The van der Waals surface area contributed by atoms with Gasteiger partial charge in [-0.25, -0.2) is 8.42 Å². The number of ether oxygens (including phenoxy) is 2. The molecule has 0 amide bonds. The van der Waals surface area contributed by atoms with Gasteiger partial charge < -0.3 is 9.47 Å². The van der Waals surface area contributed by atoms with Crippen LogP contribution in [0, 0.1) is 0 Å². The molecule has 9 heteroatoms. The zero-order valence-corrected chi connectivity index (χ0v) is 15.1. The van der Waals surface area contributed by atoms with Crippen molar-refractivity contribution in [3.63, 3.8) is 0 Å². The first-order valence-electron chi connectivity index (χ1n) is 6.72. The van der Waals surface area contributed by atoms with E-state index in [1.54, 1.807) is 24.5 Å². The number of hydrogen-bond donors (Lipinski definition) is 1. The fourth-order valence-electron chi connectivity index (χ4n) is 2.13. The number of aromatic nitrogens is 1. The summed E-state index contributed by atoms with van der Waals surface area (Å²) in [5.74, 6) is 0.642. The van der Waals surface area contributed by atoms with Gasteiger partial charge in [-0.3, -0.25) is 9.71 Å². The minimum atomic E-state index is -3.78. The number of hydrogen-bond acceptors (Lipinski definition) is 6. The molecule has 0 radical (unpaired) electrons. The Balaban J connectivity index is 2.03. The van der Waals surface area contributed by atoms with Crippen molar-refractivity contribution in [1.82, 2.24) is 4.98 Å². The largest absolute Gasteiger partial charge is 0.495 e. The Morgan fingerprint density at radius 3 is 2.58 bits per heavy atom. The lowest BCUT2D eigenvalue weighted by Crippen LogP contribution is -2.12. The summed E-state index contributed by atoms with van der Waals surface area (Å²) in [6, 6.07) is 6.32. The van der Waals surface area contributed by atoms with Crippen molar-refractivity contribution in [2.45, 2.75) is 4.21 Å². The summed E-state index contributed by atoms with van der Waals surface area (Å²) in [4.78, 5) is 3.99. The van der Waals surface area contributed by atoms with Gasteiger partial charge in [0.2, 0.25) is 0 Å². The zero-order valence-electron chi connectivity index (χ0n) is 12.7. The standard InChI is InChI=1S/C15H13ClN2O4S2/c1-21-12-7-11(13(22-2)6-10(12)16)18-24(19,20)15-5-9-8-17-4-3-14(9)23-15/h3-8,18H,1-2H3. The molecule has 1 aromatic carbocycles. The lowest BCUT2D eigenvalue weighted by molar-refractivity contribution is 0.405. The maximum atomic E-state index is 12.7. The summed E-state index contributed by atoms with van der Waals surface area (Å²) >= 11 is 7.20. The number of methoxy groups -OCH3 is 2. The first-order valence-corrected chi connectivity index (χ1v) is 9.40. The van der Waals surface area contributed by atoms with Gasteiger partial charge in [-0.1, -0.05) is 11.6 Å². The van der Waals surface area contributed by atoms with Gasteiger partial charge in [0.1, 0.15) is 15.7 Å². The predicted octanol–water partition coefficient (Wildman–Crippen LogP) is 3.77. The molecule has 0 spiro atoms. The molecule has 24 heavy (non-hydrogen) atoms. The summed E-state index contributed by atoms with van der Waals surface area (Å²) in [5, 5.41) is 1.09. The highest BCUT2D eigenvalue weighted by Gasteiger charge is 2.21. The average Bonchev–Trinajstić information content (AvgIpc) is 3.01. The van der Waals surface area contributed by atoms with Crippen molar-refractivity contribution >= 4 is 48.7 Å². The molecule has 3 rings (SSSR count). The molecule has 6 nitrogen and oxygen atoms in total. The molecule has 0 saturated heterocycles. The van der Waals surface area contributed by atoms with Crippen LogP contribution < -0.4 is 14.2 Å². The second-order valence-electron chi connectivity index (χ2n) is 4.77. The van der Waals surface area contributed by atoms with Crippen molar-refractivity contribution in [2.75, 3.05) is 18.9 Å². The molecule has 0 aliphatic heterocycles. The number of anilines is 1. The third-order valence-electron chi connectivity index (χ3n) is 3.28. The van der Waals surface area contributed by atoms with Crippen molar-refractivity contribution < 1.29 is 17.9 Å². The van der Waals surface area contributed by atoms with E-state index in [-0.39, 0.29) is 9.90 Å². The molecule has 0 fully saturated rings. The number of nitrogens with one attached hydrogen (secondary N) is 1. The van der Waals surface area contributed by atoms with Crippen LogP contribution in [0.25, 0.3) is 10.1 Å². The van der Waals surface area contributed by atoms with Gasteiger partial charge in [-0.05, 0) is 12.1 Å². The minimum Gasteiger partial charge on any atom is -0.495 e. The average molecular weight is 385 g/mol. The van der Waals surface area contributed by atoms with E-state index < -0.39 is 10.0 Å². The first-order chi connectivity index (χ1) is 11.4. The van der Waals surface area contributed by atoms with Crippen LogP contribution in [-0.2, 0) is 10.0 Å². The summed E-state index contributed by atoms with van der Waals surface area (Å²) in [6.07, 6.45) is 3.24. The number of rotatable bonds is 5. The number of sulfonamides is 1. The molecule has 0 aliphatic rings. The van der Waals surface area contributed by atoms with E-state index in [0.717, 1.165) is 21.4 Å². The molecule has 1 N–H and O–H groups in total. The Hall–Kier alpha value is -2.03. The Kier molecular flexibility index (Phi) is 4.53. The van der Waals surface area contributed by atoms with E-state index in [1.807, 2.05) is 0 Å². The number of fused-ring (bicyclic) bond motifs is 1. The summed E-state index contributed by atoms with van der Waals surface area (Å²) in [6.45, 7) is 0. The molecule has 2 heterocycles. The molecule has 0 atom stereocenters. The van der Waals surface area contributed by atoms with E-state index in [9.17, 15) is 8.42 Å². The smallest absolute Gasteiger partial charge is 0.271 e. The summed E-state index contributed by atoms with van der Waals surface area (Å²) in [5.41, 5.74) is 0.245. The van der Waals surface area contributed by atoms with Crippen LogP contribution in [0.1, 0.15) is 0 Å². The fraction of sp³-hybridized carbons (Fsp3) is 0.133. The maximum absolute atomic E-state index is 12.7. The monoisotopic (exact) mass is 384 g/mol. The highest BCUT2D eigenvalue weighted by Crippen LogP contribution is 2.38. The van der Waals surface area contributed by atoms with E-state index in [1.165, 1.54) is 26.4 Å². The summed E-state index contributed by atoms with van der Waals surface area (Å²) < 4.78 is 39.2. The van der Waals surface area contributed by atoms with Gasteiger partial charge >= 0.3 is 0 Å². The van der Waals surface area contributed by atoms with E-state index in [0.29, 0.717) is 16.5 Å². The molecule has 0 saturated carbocycles. The molecule has 0 aliphatic carbocycles. The van der Waals surface area contributed by atoms with Gasteiger partial charge in [0.15, 0.2) is 0 Å². The second-order valence-corrected chi connectivity index (χ2v) is 8.17. The Bertz CT molecular complexity index is 969. The molecule has 2 aromatic heterocycles. The molecule has 3 aromatic rings. The Labute approximate surface area is 148 Å². The molecular formula is C15H13ClN2O4S2. The minimum absolute atomic E-state index is 0.182. The zero-order chi connectivity index (χ0) is 17.3. The maximum Gasteiger partial charge on any atom is 0.271 e. The fourth-order valence-corrected chi connectivity index (χ4v) is 4.78. The van der Waals surface area contributed by atoms with Crippen LogP contribution >= 0.6 is 22.9 Å². The second kappa shape index (κ2) is 6.46. The van der Waals surface area contributed by atoms with Crippen molar-refractivity contribution in [1.29, 1.82) is 0 Å². The predicted molar refractivity (Wildman–Crippen MR) is 95.0 cm³/mol. The lowest BCUT2D eigenvalue weighted by atomic mass is 10.3.